The van der Waals surface area contributed by atoms with Crippen LogP contribution >= 0.6 is 0 Å². The molecule has 0 aromatic rings. The second-order valence-electron chi connectivity index (χ2n) is 4.99. The molecule has 2 aliphatic heterocycles. The van der Waals surface area contributed by atoms with E-state index in [2.05, 4.69) is 0 Å². The van der Waals surface area contributed by atoms with Gasteiger partial charge in [-0.25, -0.2) is 0 Å². The van der Waals surface area contributed by atoms with Crippen LogP contribution in [-0.4, -0.2) is 40.9 Å². The van der Waals surface area contributed by atoms with Gasteiger partial charge in [0.05, 0.1) is 24.4 Å². The van der Waals surface area contributed by atoms with Gasteiger partial charge in [-0.05, 0) is 25.7 Å². The lowest BCUT2D eigenvalue weighted by Gasteiger charge is -2.26. The first-order valence-corrected chi connectivity index (χ1v) is 6.09. The van der Waals surface area contributed by atoms with Crippen molar-refractivity contribution < 1.29 is 19.7 Å². The van der Waals surface area contributed by atoms with E-state index in [1.165, 1.54) is 0 Å². The van der Waals surface area contributed by atoms with E-state index in [0.29, 0.717) is 0 Å². The highest BCUT2D eigenvalue weighted by Gasteiger charge is 2.42. The number of fused-ring (bicyclic) bond motifs is 2. The summed E-state index contributed by atoms with van der Waals surface area (Å²) in [5.41, 5.74) is 0. The van der Waals surface area contributed by atoms with Crippen molar-refractivity contribution in [2.24, 2.45) is 5.92 Å². The summed E-state index contributed by atoms with van der Waals surface area (Å²) in [7, 11) is 0. The molecule has 2 heterocycles. The number of aliphatic hydroxyl groups excluding tert-OH is 2. The zero-order valence-corrected chi connectivity index (χ0v) is 9.16. The topological polar surface area (TPSA) is 58.9 Å². The van der Waals surface area contributed by atoms with Crippen LogP contribution in [0.4, 0.5) is 0 Å². The molecule has 0 amide bonds. The molecule has 4 nitrogen and oxygen atoms in total. The van der Waals surface area contributed by atoms with Gasteiger partial charge in [0, 0.05) is 5.92 Å². The zero-order valence-electron chi connectivity index (χ0n) is 9.16. The lowest BCUT2D eigenvalue weighted by atomic mass is 9.94. The standard InChI is InChI=1S/C12H18O4/c13-9-2-1-3-11(9)16-12(14)8-6-7-4-5-10(8)15-7/h4-5,7-14H,1-3,6H2. The Balaban J connectivity index is 1.57. The van der Waals surface area contributed by atoms with Crippen molar-refractivity contribution in [2.75, 3.05) is 0 Å². The highest BCUT2D eigenvalue weighted by atomic mass is 16.6. The van der Waals surface area contributed by atoms with E-state index < -0.39 is 12.4 Å². The maximum absolute atomic E-state index is 10.0. The van der Waals surface area contributed by atoms with Crippen molar-refractivity contribution in [1.82, 2.24) is 0 Å². The maximum atomic E-state index is 10.0. The predicted octanol–water partition coefficient (Wildman–Crippen LogP) is 0.578. The molecule has 0 aromatic carbocycles. The van der Waals surface area contributed by atoms with Crippen LogP contribution in [0.3, 0.4) is 0 Å². The summed E-state index contributed by atoms with van der Waals surface area (Å²) in [5.74, 6) is 0.0304. The van der Waals surface area contributed by atoms with E-state index in [0.717, 1.165) is 25.7 Å². The van der Waals surface area contributed by atoms with Crippen molar-refractivity contribution in [3.05, 3.63) is 12.2 Å². The molecule has 1 aliphatic carbocycles. The van der Waals surface area contributed by atoms with E-state index in [1.54, 1.807) is 0 Å². The van der Waals surface area contributed by atoms with Gasteiger partial charge in [0.1, 0.15) is 0 Å². The molecule has 1 saturated carbocycles. The highest BCUT2D eigenvalue weighted by molar-refractivity contribution is 5.11. The molecule has 3 aliphatic rings. The summed E-state index contributed by atoms with van der Waals surface area (Å²) in [6.07, 6.45) is 6.20. The molecule has 90 valence electrons. The molecule has 2 N–H and O–H groups in total. The van der Waals surface area contributed by atoms with Crippen molar-refractivity contribution in [3.63, 3.8) is 0 Å². The van der Waals surface area contributed by atoms with E-state index in [9.17, 15) is 10.2 Å². The first-order chi connectivity index (χ1) is 7.74. The molecule has 2 bridgehead atoms. The number of aliphatic hydroxyl groups is 2. The minimum absolute atomic E-state index is 0.00135. The Morgan fingerprint density at radius 2 is 2.19 bits per heavy atom. The molecule has 2 fully saturated rings. The lowest BCUT2D eigenvalue weighted by molar-refractivity contribution is -0.186. The molecule has 6 unspecified atom stereocenters. The van der Waals surface area contributed by atoms with Crippen molar-refractivity contribution >= 4 is 0 Å². The molecule has 6 atom stereocenters. The molecular formula is C12H18O4. The molecule has 1 saturated heterocycles. The van der Waals surface area contributed by atoms with Gasteiger partial charge in [0.25, 0.3) is 0 Å². The normalized spacial score (nSPS) is 47.8. The average Bonchev–Trinajstić information content (AvgIpc) is 2.95. The highest BCUT2D eigenvalue weighted by Crippen LogP contribution is 2.37. The van der Waals surface area contributed by atoms with Crippen molar-refractivity contribution in [2.45, 2.75) is 56.4 Å². The van der Waals surface area contributed by atoms with Crippen molar-refractivity contribution in [3.8, 4) is 0 Å². The van der Waals surface area contributed by atoms with E-state index >= 15 is 0 Å². The lowest BCUT2D eigenvalue weighted by Crippen LogP contribution is -2.36. The Hall–Kier alpha value is -0.420. The number of rotatable bonds is 3. The van der Waals surface area contributed by atoms with Crippen LogP contribution in [0, 0.1) is 5.92 Å². The maximum Gasteiger partial charge on any atom is 0.160 e. The van der Waals surface area contributed by atoms with Gasteiger partial charge in [0.2, 0.25) is 0 Å². The van der Waals surface area contributed by atoms with Gasteiger partial charge in [-0.1, -0.05) is 12.2 Å². The smallest absolute Gasteiger partial charge is 0.160 e. The van der Waals surface area contributed by atoms with Crippen LogP contribution in [0.25, 0.3) is 0 Å². The van der Waals surface area contributed by atoms with Crippen LogP contribution in [0.15, 0.2) is 12.2 Å². The average molecular weight is 226 g/mol. The number of ether oxygens (including phenoxy) is 2. The fourth-order valence-corrected chi connectivity index (χ4v) is 2.93. The quantitative estimate of drug-likeness (QED) is 0.546. The van der Waals surface area contributed by atoms with Crippen LogP contribution < -0.4 is 0 Å². The van der Waals surface area contributed by atoms with Gasteiger partial charge in [0.15, 0.2) is 6.29 Å². The summed E-state index contributed by atoms with van der Waals surface area (Å²) < 4.78 is 11.1. The predicted molar refractivity (Wildman–Crippen MR) is 56.6 cm³/mol. The third-order valence-corrected chi connectivity index (χ3v) is 3.87. The second-order valence-corrected chi connectivity index (χ2v) is 4.99. The van der Waals surface area contributed by atoms with Gasteiger partial charge in [-0.2, -0.15) is 0 Å². The Bertz CT molecular complexity index is 291. The largest absolute Gasteiger partial charge is 0.390 e. The van der Waals surface area contributed by atoms with Gasteiger partial charge >= 0.3 is 0 Å². The molecule has 16 heavy (non-hydrogen) atoms. The molecular weight excluding hydrogens is 208 g/mol. The minimum atomic E-state index is -0.808. The fourth-order valence-electron chi connectivity index (χ4n) is 2.93. The van der Waals surface area contributed by atoms with Crippen molar-refractivity contribution in [1.29, 1.82) is 0 Å². The van der Waals surface area contributed by atoms with Crippen LogP contribution in [0.1, 0.15) is 25.7 Å². The van der Waals surface area contributed by atoms with Gasteiger partial charge in [-0.3, -0.25) is 0 Å². The summed E-state index contributed by atoms with van der Waals surface area (Å²) in [6, 6.07) is 0. The Labute approximate surface area is 94.9 Å². The van der Waals surface area contributed by atoms with Crippen LogP contribution in [-0.2, 0) is 9.47 Å². The summed E-state index contributed by atoms with van der Waals surface area (Å²) in [6.45, 7) is 0. The second kappa shape index (κ2) is 4.11. The van der Waals surface area contributed by atoms with E-state index in [-0.39, 0.29) is 24.2 Å². The zero-order chi connectivity index (χ0) is 11.1. The third kappa shape index (κ3) is 1.80. The molecule has 4 heteroatoms. The van der Waals surface area contributed by atoms with E-state index in [4.69, 9.17) is 9.47 Å². The minimum Gasteiger partial charge on any atom is -0.390 e. The molecule has 0 aromatic heterocycles. The monoisotopic (exact) mass is 226 g/mol. The first kappa shape index (κ1) is 10.7. The van der Waals surface area contributed by atoms with Gasteiger partial charge < -0.3 is 19.7 Å². The fraction of sp³-hybridized carbons (Fsp3) is 0.833. The Morgan fingerprint density at radius 3 is 2.75 bits per heavy atom. The molecule has 0 spiro atoms. The third-order valence-electron chi connectivity index (χ3n) is 3.87. The molecule has 3 rings (SSSR count). The SMILES string of the molecule is OC1CCCC1OC(O)C1CC2C=CC1O2. The Morgan fingerprint density at radius 1 is 1.31 bits per heavy atom. The summed E-state index contributed by atoms with van der Waals surface area (Å²) >= 11 is 0. The Kier molecular flexibility index (Phi) is 2.75. The first-order valence-electron chi connectivity index (χ1n) is 6.09. The van der Waals surface area contributed by atoms with E-state index in [1.807, 2.05) is 12.2 Å². The van der Waals surface area contributed by atoms with Crippen LogP contribution in [0.2, 0.25) is 0 Å². The number of hydrogen-bond donors (Lipinski definition) is 2. The van der Waals surface area contributed by atoms with Crippen LogP contribution in [0.5, 0.6) is 0 Å². The van der Waals surface area contributed by atoms with Gasteiger partial charge in [-0.15, -0.1) is 0 Å². The summed E-state index contributed by atoms with van der Waals surface area (Å²) in [5, 5.41) is 19.6. The number of hydrogen-bond acceptors (Lipinski definition) is 4. The molecule has 0 radical (unpaired) electrons. The summed E-state index contributed by atoms with van der Waals surface area (Å²) in [4.78, 5) is 0.